The van der Waals surface area contributed by atoms with Crippen LogP contribution in [0.3, 0.4) is 0 Å². The van der Waals surface area contributed by atoms with Crippen LogP contribution in [0.25, 0.3) is 0 Å². The maximum absolute atomic E-state index is 5.99. The van der Waals surface area contributed by atoms with E-state index < -0.39 is 0 Å². The first-order chi connectivity index (χ1) is 9.69. The quantitative estimate of drug-likeness (QED) is 0.872. The molecule has 1 aliphatic rings. The first-order valence-corrected chi connectivity index (χ1v) is 7.93. The van der Waals surface area contributed by atoms with Crippen LogP contribution >= 0.6 is 11.6 Å². The molecule has 1 aliphatic carbocycles. The van der Waals surface area contributed by atoms with Crippen molar-refractivity contribution >= 4 is 23.5 Å². The van der Waals surface area contributed by atoms with Crippen molar-refractivity contribution < 1.29 is 0 Å². The Hall–Kier alpha value is -1.10. The third-order valence-corrected chi connectivity index (χ3v) is 3.90. The first kappa shape index (κ1) is 15.3. The number of hydrogen-bond acceptors (Lipinski definition) is 5. The summed E-state index contributed by atoms with van der Waals surface area (Å²) >= 11 is 5.99. The summed E-state index contributed by atoms with van der Waals surface area (Å²) in [5.41, 5.74) is 0. The highest BCUT2D eigenvalue weighted by Crippen LogP contribution is 2.25. The summed E-state index contributed by atoms with van der Waals surface area (Å²) in [5.74, 6) is 1.97. The molecule has 1 fully saturated rings. The molecule has 0 aromatic carbocycles. The first-order valence-electron chi connectivity index (χ1n) is 7.55. The lowest BCUT2D eigenvalue weighted by molar-refractivity contribution is 0.361. The largest absolute Gasteiger partial charge is 0.354 e. The maximum Gasteiger partial charge on any atom is 0.231 e. The summed E-state index contributed by atoms with van der Waals surface area (Å²) in [4.78, 5) is 14.9. The normalized spacial score (nSPS) is 16.1. The van der Waals surface area contributed by atoms with Crippen LogP contribution in [0.15, 0.2) is 0 Å². The molecule has 0 unspecified atom stereocenters. The summed E-state index contributed by atoms with van der Waals surface area (Å²) < 4.78 is 0. The van der Waals surface area contributed by atoms with E-state index in [4.69, 9.17) is 11.6 Å². The number of nitrogens with one attached hydrogen (secondary N) is 1. The lowest BCUT2D eigenvalue weighted by Crippen LogP contribution is -2.28. The van der Waals surface area contributed by atoms with E-state index in [0.29, 0.717) is 11.9 Å². The minimum atomic E-state index is 0.254. The molecule has 6 heteroatoms. The molecule has 0 radical (unpaired) electrons. The van der Waals surface area contributed by atoms with Crippen LogP contribution in [0.2, 0.25) is 5.28 Å². The Morgan fingerprint density at radius 3 is 2.65 bits per heavy atom. The van der Waals surface area contributed by atoms with Crippen molar-refractivity contribution in [2.45, 2.75) is 45.4 Å². The van der Waals surface area contributed by atoms with E-state index in [1.54, 1.807) is 0 Å². The van der Waals surface area contributed by atoms with Gasteiger partial charge in [-0.15, -0.1) is 0 Å². The molecule has 0 bridgehead atoms. The van der Waals surface area contributed by atoms with Crippen LogP contribution in [-0.2, 0) is 0 Å². The van der Waals surface area contributed by atoms with Crippen LogP contribution in [0.1, 0.15) is 45.4 Å². The van der Waals surface area contributed by atoms with E-state index in [0.717, 1.165) is 25.4 Å². The number of rotatable bonds is 6. The van der Waals surface area contributed by atoms with Gasteiger partial charge in [0.1, 0.15) is 0 Å². The van der Waals surface area contributed by atoms with E-state index >= 15 is 0 Å². The van der Waals surface area contributed by atoms with E-state index in [9.17, 15) is 0 Å². The van der Waals surface area contributed by atoms with Crippen LogP contribution in [0.5, 0.6) is 0 Å². The van der Waals surface area contributed by atoms with Gasteiger partial charge in [0.2, 0.25) is 17.2 Å². The van der Waals surface area contributed by atoms with Gasteiger partial charge in [-0.05, 0) is 36.8 Å². The zero-order valence-electron chi connectivity index (χ0n) is 12.4. The highest BCUT2D eigenvalue weighted by molar-refractivity contribution is 6.28. The lowest BCUT2D eigenvalue weighted by Gasteiger charge is -2.27. The molecule has 1 saturated carbocycles. The monoisotopic (exact) mass is 297 g/mol. The zero-order valence-corrected chi connectivity index (χ0v) is 13.2. The third-order valence-electron chi connectivity index (χ3n) is 3.73. The van der Waals surface area contributed by atoms with Gasteiger partial charge in [-0.2, -0.15) is 15.0 Å². The Kier molecular flexibility index (Phi) is 5.83. The van der Waals surface area contributed by atoms with Crippen molar-refractivity contribution in [2.75, 3.05) is 30.4 Å². The van der Waals surface area contributed by atoms with Gasteiger partial charge in [0.15, 0.2) is 0 Å². The predicted octanol–water partition coefficient (Wildman–Crippen LogP) is 3.36. The molecule has 20 heavy (non-hydrogen) atoms. The fourth-order valence-corrected chi connectivity index (χ4v) is 2.82. The molecular weight excluding hydrogens is 274 g/mol. The fourth-order valence-electron chi connectivity index (χ4n) is 2.66. The van der Waals surface area contributed by atoms with Gasteiger partial charge in [-0.1, -0.05) is 26.2 Å². The van der Waals surface area contributed by atoms with Gasteiger partial charge < -0.3 is 10.2 Å². The zero-order chi connectivity index (χ0) is 14.4. The smallest absolute Gasteiger partial charge is 0.231 e. The second-order valence-electron chi connectivity index (χ2n) is 5.54. The number of nitrogens with zero attached hydrogens (tertiary/aromatic N) is 4. The van der Waals surface area contributed by atoms with Crippen molar-refractivity contribution in [2.24, 2.45) is 5.92 Å². The minimum Gasteiger partial charge on any atom is -0.354 e. The molecule has 0 aliphatic heterocycles. The molecule has 5 nitrogen and oxygen atoms in total. The van der Waals surface area contributed by atoms with Crippen molar-refractivity contribution in [3.63, 3.8) is 0 Å². The van der Waals surface area contributed by atoms with Crippen LogP contribution in [-0.4, -0.2) is 35.1 Å². The van der Waals surface area contributed by atoms with Crippen LogP contribution < -0.4 is 10.2 Å². The Labute approximate surface area is 126 Å². The minimum absolute atomic E-state index is 0.254. The predicted molar refractivity (Wildman–Crippen MR) is 83.5 cm³/mol. The van der Waals surface area contributed by atoms with Gasteiger partial charge in [0, 0.05) is 20.1 Å². The number of halogens is 1. The fraction of sp³-hybridized carbons (Fsp3) is 0.786. The lowest BCUT2D eigenvalue weighted by atomic mass is 9.89. The summed E-state index contributed by atoms with van der Waals surface area (Å²) in [6, 6.07) is 0. The Morgan fingerprint density at radius 1 is 1.20 bits per heavy atom. The van der Waals surface area contributed by atoms with Gasteiger partial charge in [-0.3, -0.25) is 0 Å². The van der Waals surface area contributed by atoms with E-state index in [-0.39, 0.29) is 5.28 Å². The highest BCUT2D eigenvalue weighted by atomic mass is 35.5. The molecule has 112 valence electrons. The number of anilines is 2. The highest BCUT2D eigenvalue weighted by Gasteiger charge is 2.17. The van der Waals surface area contributed by atoms with E-state index in [1.165, 1.54) is 32.1 Å². The van der Waals surface area contributed by atoms with E-state index in [1.807, 2.05) is 7.05 Å². The van der Waals surface area contributed by atoms with Gasteiger partial charge in [0.25, 0.3) is 0 Å². The van der Waals surface area contributed by atoms with Crippen LogP contribution in [0, 0.1) is 5.92 Å². The molecule has 1 N–H and O–H groups in total. The summed E-state index contributed by atoms with van der Waals surface area (Å²) in [6.07, 6.45) is 7.72. The summed E-state index contributed by atoms with van der Waals surface area (Å²) in [7, 11) is 2.03. The average molecular weight is 298 g/mol. The van der Waals surface area contributed by atoms with Gasteiger partial charge >= 0.3 is 0 Å². The van der Waals surface area contributed by atoms with Crippen molar-refractivity contribution in [3.05, 3.63) is 5.28 Å². The SMILES string of the molecule is CCCNc1nc(Cl)nc(N(C)CC2CCCCC2)n1. The Bertz CT molecular complexity index is 420. The molecule has 0 spiro atoms. The van der Waals surface area contributed by atoms with Crippen molar-refractivity contribution in [1.82, 2.24) is 15.0 Å². The Balaban J connectivity index is 2.00. The van der Waals surface area contributed by atoms with Crippen molar-refractivity contribution in [1.29, 1.82) is 0 Å². The topological polar surface area (TPSA) is 53.9 Å². The molecule has 1 aromatic heterocycles. The molecule has 1 aromatic rings. The van der Waals surface area contributed by atoms with Gasteiger partial charge in [0.05, 0.1) is 0 Å². The molecule has 2 rings (SSSR count). The van der Waals surface area contributed by atoms with Crippen LogP contribution in [0.4, 0.5) is 11.9 Å². The maximum atomic E-state index is 5.99. The van der Waals surface area contributed by atoms with E-state index in [2.05, 4.69) is 32.1 Å². The number of aromatic nitrogens is 3. The third kappa shape index (κ3) is 4.47. The Morgan fingerprint density at radius 2 is 1.95 bits per heavy atom. The average Bonchev–Trinajstić information content (AvgIpc) is 2.45. The molecular formula is C14H24ClN5. The molecule has 0 amide bonds. The van der Waals surface area contributed by atoms with Crippen molar-refractivity contribution in [3.8, 4) is 0 Å². The molecule has 1 heterocycles. The molecule has 0 atom stereocenters. The summed E-state index contributed by atoms with van der Waals surface area (Å²) in [5, 5.41) is 3.41. The second kappa shape index (κ2) is 7.62. The second-order valence-corrected chi connectivity index (χ2v) is 5.88. The summed E-state index contributed by atoms with van der Waals surface area (Å²) in [6.45, 7) is 3.94. The van der Waals surface area contributed by atoms with Gasteiger partial charge in [-0.25, -0.2) is 0 Å². The number of hydrogen-bond donors (Lipinski definition) is 1. The standard InChI is InChI=1S/C14H24ClN5/c1-3-9-16-13-17-12(15)18-14(19-13)20(2)10-11-7-5-4-6-8-11/h11H,3-10H2,1-2H3,(H,16,17,18,19). The molecule has 0 saturated heterocycles.